The summed E-state index contributed by atoms with van der Waals surface area (Å²) in [4.78, 5) is 1.41. The molecule has 0 fully saturated rings. The van der Waals surface area contributed by atoms with Crippen LogP contribution in [0.3, 0.4) is 0 Å². The van der Waals surface area contributed by atoms with Crippen LogP contribution in [-0.4, -0.2) is 18.4 Å². The van der Waals surface area contributed by atoms with E-state index in [0.29, 0.717) is 13.1 Å². The maximum Gasteiger partial charge on any atom is 0.0394 e. The zero-order valence-corrected chi connectivity index (χ0v) is 7.03. The Labute approximate surface area is 78.5 Å². The number of hydrogen-bond donors (Lipinski definition) is 0. The molecule has 0 bridgehead atoms. The summed E-state index contributed by atoms with van der Waals surface area (Å²) < 4.78 is 22.1. The lowest BCUT2D eigenvalue weighted by molar-refractivity contribution is 0.363. The van der Waals surface area contributed by atoms with Crippen molar-refractivity contribution in [1.82, 2.24) is 4.90 Å². The van der Waals surface area contributed by atoms with Crippen LogP contribution in [0.5, 0.6) is 0 Å². The minimum atomic E-state index is -2.07. The van der Waals surface area contributed by atoms with Crippen LogP contribution in [0.2, 0.25) is 0 Å². The van der Waals surface area contributed by atoms with Crippen LogP contribution in [0.4, 0.5) is 0 Å². The van der Waals surface area contributed by atoms with Crippen molar-refractivity contribution >= 4 is 0 Å². The maximum absolute atomic E-state index is 7.35. The SMILES string of the molecule is [2H]C([2H])([2H])N(CC=C)Cc1ccccc1. The minimum Gasteiger partial charge on any atom is -0.298 e. The highest BCUT2D eigenvalue weighted by Gasteiger charge is 1.95. The van der Waals surface area contributed by atoms with Gasteiger partial charge in [-0.1, -0.05) is 36.4 Å². The highest BCUT2D eigenvalue weighted by Crippen LogP contribution is 2.01. The predicted octanol–water partition coefficient (Wildman–Crippen LogP) is 2.30. The molecule has 0 amide bonds. The topological polar surface area (TPSA) is 3.24 Å². The van der Waals surface area contributed by atoms with Crippen molar-refractivity contribution in [3.63, 3.8) is 0 Å². The van der Waals surface area contributed by atoms with Crippen molar-refractivity contribution in [2.75, 3.05) is 13.5 Å². The molecule has 0 aliphatic carbocycles. The first kappa shape index (κ1) is 5.55. The molecule has 0 radical (unpaired) electrons. The number of benzene rings is 1. The largest absolute Gasteiger partial charge is 0.298 e. The van der Waals surface area contributed by atoms with Crippen LogP contribution in [0, 0.1) is 0 Å². The van der Waals surface area contributed by atoms with Crippen LogP contribution < -0.4 is 0 Å². The van der Waals surface area contributed by atoms with Crippen LogP contribution in [-0.2, 0) is 6.54 Å². The van der Waals surface area contributed by atoms with Crippen molar-refractivity contribution in [3.8, 4) is 0 Å². The highest BCUT2D eigenvalue weighted by atomic mass is 15.1. The van der Waals surface area contributed by atoms with Gasteiger partial charge in [0.05, 0.1) is 0 Å². The van der Waals surface area contributed by atoms with Gasteiger partial charge in [-0.25, -0.2) is 0 Å². The fourth-order valence-electron chi connectivity index (χ4n) is 1.02. The molecule has 0 N–H and O–H groups in total. The van der Waals surface area contributed by atoms with E-state index in [0.717, 1.165) is 5.56 Å². The molecular formula is C11H15N. The van der Waals surface area contributed by atoms with E-state index in [1.54, 1.807) is 6.08 Å². The Balaban J connectivity index is 2.71. The van der Waals surface area contributed by atoms with Crippen molar-refractivity contribution in [3.05, 3.63) is 48.6 Å². The lowest BCUT2D eigenvalue weighted by Crippen LogP contribution is -2.17. The second-order valence-electron chi connectivity index (χ2n) is 2.65. The Morgan fingerprint density at radius 1 is 1.50 bits per heavy atom. The van der Waals surface area contributed by atoms with Crippen molar-refractivity contribution in [2.45, 2.75) is 6.54 Å². The summed E-state index contributed by atoms with van der Waals surface area (Å²) in [5, 5.41) is 0. The maximum atomic E-state index is 7.35. The monoisotopic (exact) mass is 164 g/mol. The zero-order chi connectivity index (χ0) is 11.3. The average Bonchev–Trinajstić information content (AvgIpc) is 2.17. The first-order valence-electron chi connectivity index (χ1n) is 5.44. The fourth-order valence-corrected chi connectivity index (χ4v) is 1.02. The summed E-state index contributed by atoms with van der Waals surface area (Å²) >= 11 is 0. The van der Waals surface area contributed by atoms with Gasteiger partial charge in [0, 0.05) is 17.2 Å². The third-order valence-corrected chi connectivity index (χ3v) is 1.57. The number of nitrogens with zero attached hydrogens (tertiary/aromatic N) is 1. The second kappa shape index (κ2) is 4.73. The van der Waals surface area contributed by atoms with Crippen LogP contribution >= 0.6 is 0 Å². The van der Waals surface area contributed by atoms with E-state index >= 15 is 0 Å². The Kier molecular flexibility index (Phi) is 2.19. The molecule has 0 aliphatic heterocycles. The number of rotatable bonds is 4. The molecule has 64 valence electrons. The van der Waals surface area contributed by atoms with E-state index in [4.69, 9.17) is 4.11 Å². The molecule has 0 saturated heterocycles. The van der Waals surface area contributed by atoms with Gasteiger partial charge < -0.3 is 0 Å². The Hall–Kier alpha value is -1.08. The molecule has 0 atom stereocenters. The molecular weight excluding hydrogens is 146 g/mol. The van der Waals surface area contributed by atoms with E-state index < -0.39 is 6.98 Å². The number of hydrogen-bond acceptors (Lipinski definition) is 1. The zero-order valence-electron chi connectivity index (χ0n) is 10.0. The third kappa shape index (κ3) is 2.89. The number of likely N-dealkylation sites (N-methyl/N-ethyl adjacent to an activating group) is 1. The smallest absolute Gasteiger partial charge is 0.0394 e. The van der Waals surface area contributed by atoms with Crippen LogP contribution in [0.15, 0.2) is 43.0 Å². The van der Waals surface area contributed by atoms with Crippen molar-refractivity contribution in [1.29, 1.82) is 0 Å². The van der Waals surface area contributed by atoms with E-state index in [9.17, 15) is 0 Å². The molecule has 0 unspecified atom stereocenters. The van der Waals surface area contributed by atoms with E-state index in [1.165, 1.54) is 4.90 Å². The standard InChI is InChI=1S/C11H15N/c1-3-9-12(2)10-11-7-5-4-6-8-11/h3-8H,1,9-10H2,2H3/i2D3. The normalized spacial score (nSPS) is 14.9. The molecule has 12 heavy (non-hydrogen) atoms. The van der Waals surface area contributed by atoms with Crippen molar-refractivity contribution in [2.24, 2.45) is 0 Å². The first-order chi connectivity index (χ1) is 7.04. The Morgan fingerprint density at radius 2 is 2.25 bits per heavy atom. The van der Waals surface area contributed by atoms with Gasteiger partial charge in [-0.05, 0) is 12.5 Å². The molecule has 0 heterocycles. The molecule has 1 aromatic carbocycles. The summed E-state index contributed by atoms with van der Waals surface area (Å²) in [6.07, 6.45) is 1.61. The van der Waals surface area contributed by atoms with Gasteiger partial charge in [0.1, 0.15) is 0 Å². The van der Waals surface area contributed by atoms with Gasteiger partial charge >= 0.3 is 0 Å². The summed E-state index contributed by atoms with van der Waals surface area (Å²) in [6.45, 7) is 2.28. The molecule has 0 saturated carbocycles. The van der Waals surface area contributed by atoms with Crippen LogP contribution in [0.25, 0.3) is 0 Å². The lowest BCUT2D eigenvalue weighted by Gasteiger charge is -2.13. The molecule has 0 aromatic heterocycles. The van der Waals surface area contributed by atoms with Gasteiger partial charge in [0.15, 0.2) is 0 Å². The van der Waals surface area contributed by atoms with Gasteiger partial charge in [0.25, 0.3) is 0 Å². The van der Waals surface area contributed by atoms with Gasteiger partial charge in [-0.2, -0.15) is 0 Å². The molecule has 1 aromatic rings. The summed E-state index contributed by atoms with van der Waals surface area (Å²) in [6, 6.07) is 9.56. The van der Waals surface area contributed by atoms with Crippen molar-refractivity contribution < 1.29 is 4.11 Å². The minimum absolute atomic E-state index is 0.366. The summed E-state index contributed by atoms with van der Waals surface area (Å²) in [7, 11) is 0. The fraction of sp³-hybridized carbons (Fsp3) is 0.273. The van der Waals surface area contributed by atoms with Crippen LogP contribution in [0.1, 0.15) is 9.68 Å². The molecule has 0 aliphatic rings. The Morgan fingerprint density at radius 3 is 2.83 bits per heavy atom. The molecule has 1 nitrogen and oxygen atoms in total. The second-order valence-corrected chi connectivity index (χ2v) is 2.65. The lowest BCUT2D eigenvalue weighted by atomic mass is 10.2. The third-order valence-electron chi connectivity index (χ3n) is 1.57. The van der Waals surface area contributed by atoms with Gasteiger partial charge in [-0.15, -0.1) is 6.58 Å². The molecule has 1 heteroatoms. The highest BCUT2D eigenvalue weighted by molar-refractivity contribution is 5.14. The van der Waals surface area contributed by atoms with E-state index in [-0.39, 0.29) is 0 Å². The van der Waals surface area contributed by atoms with E-state index in [1.807, 2.05) is 30.3 Å². The Bertz CT molecular complexity index is 305. The van der Waals surface area contributed by atoms with Gasteiger partial charge in [0.2, 0.25) is 0 Å². The van der Waals surface area contributed by atoms with E-state index in [2.05, 4.69) is 6.58 Å². The molecule has 1 rings (SSSR count). The average molecular weight is 164 g/mol. The summed E-state index contributed by atoms with van der Waals surface area (Å²) in [5.41, 5.74) is 0.996. The van der Waals surface area contributed by atoms with Gasteiger partial charge in [-0.3, -0.25) is 4.90 Å². The predicted molar refractivity (Wildman–Crippen MR) is 53.0 cm³/mol. The summed E-state index contributed by atoms with van der Waals surface area (Å²) in [5.74, 6) is 0. The quantitative estimate of drug-likeness (QED) is 0.617. The first-order valence-corrected chi connectivity index (χ1v) is 3.94. The molecule has 0 spiro atoms.